The molecule has 0 aliphatic carbocycles. The van der Waals surface area contributed by atoms with Gasteiger partial charge in [-0.05, 0) is 60.4 Å². The highest BCUT2D eigenvalue weighted by molar-refractivity contribution is 5.97. The van der Waals surface area contributed by atoms with Crippen LogP contribution < -0.4 is 10.2 Å². The fourth-order valence-corrected chi connectivity index (χ4v) is 4.34. The third-order valence-corrected chi connectivity index (χ3v) is 6.11. The van der Waals surface area contributed by atoms with E-state index in [0.29, 0.717) is 37.3 Å². The van der Waals surface area contributed by atoms with Gasteiger partial charge in [0.15, 0.2) is 0 Å². The fraction of sp³-hybridized carbons (Fsp3) is 0.250. The molecule has 1 aliphatic rings. The molecule has 3 aromatic rings. The van der Waals surface area contributed by atoms with Crippen LogP contribution in [-0.4, -0.2) is 29.9 Å². The zero-order valence-corrected chi connectivity index (χ0v) is 19.3. The highest BCUT2D eigenvalue weighted by atomic mass is 16.2. The van der Waals surface area contributed by atoms with Gasteiger partial charge in [0.1, 0.15) is 0 Å². The van der Waals surface area contributed by atoms with Crippen LogP contribution in [0.3, 0.4) is 0 Å². The summed E-state index contributed by atoms with van der Waals surface area (Å²) in [5.74, 6) is -0.251. The van der Waals surface area contributed by atoms with Gasteiger partial charge in [-0.3, -0.25) is 9.69 Å². The number of nitrogens with zero attached hydrogens (tertiary/aromatic N) is 3. The topological polar surface area (TPSA) is 76.4 Å². The zero-order chi connectivity index (χ0) is 23.9. The van der Waals surface area contributed by atoms with Gasteiger partial charge in [-0.2, -0.15) is 5.26 Å². The Kier molecular flexibility index (Phi) is 7.24. The summed E-state index contributed by atoms with van der Waals surface area (Å²) in [7, 11) is 0. The zero-order valence-electron chi connectivity index (χ0n) is 19.3. The van der Waals surface area contributed by atoms with E-state index in [-0.39, 0.29) is 17.9 Å². The largest absolute Gasteiger partial charge is 0.326 e. The minimum absolute atomic E-state index is 0.0405. The average molecular weight is 453 g/mol. The maximum Gasteiger partial charge on any atom is 0.324 e. The van der Waals surface area contributed by atoms with Gasteiger partial charge in [-0.1, -0.05) is 49.4 Å². The number of rotatable bonds is 7. The Balaban J connectivity index is 1.42. The van der Waals surface area contributed by atoms with Crippen molar-refractivity contribution < 1.29 is 9.59 Å². The Bertz CT molecular complexity index is 1190. The predicted octanol–water partition coefficient (Wildman–Crippen LogP) is 5.52. The molecular formula is C28H28N4O2. The van der Waals surface area contributed by atoms with E-state index in [1.807, 2.05) is 79.7 Å². The summed E-state index contributed by atoms with van der Waals surface area (Å²) in [6, 6.07) is 26.7. The molecule has 0 unspecified atom stereocenters. The Labute approximate surface area is 200 Å². The number of nitrogens with one attached hydrogen (secondary N) is 1. The third kappa shape index (κ3) is 5.26. The number of hydrogen-bond donors (Lipinski definition) is 1. The predicted molar refractivity (Wildman–Crippen MR) is 133 cm³/mol. The average Bonchev–Trinajstić information content (AvgIpc) is 2.87. The second-order valence-corrected chi connectivity index (χ2v) is 8.43. The minimum atomic E-state index is -0.211. The lowest BCUT2D eigenvalue weighted by Crippen LogP contribution is -2.49. The van der Waals surface area contributed by atoms with Crippen molar-refractivity contribution in [2.24, 2.45) is 0 Å². The molecule has 6 heteroatoms. The Morgan fingerprint density at radius 3 is 2.50 bits per heavy atom. The number of amides is 3. The maximum atomic E-state index is 13.1. The molecule has 1 fully saturated rings. The first-order chi connectivity index (χ1) is 16.6. The molecule has 0 bridgehead atoms. The van der Waals surface area contributed by atoms with Gasteiger partial charge in [-0.25, -0.2) is 4.79 Å². The lowest BCUT2D eigenvalue weighted by Gasteiger charge is -2.35. The monoisotopic (exact) mass is 452 g/mol. The van der Waals surface area contributed by atoms with Gasteiger partial charge in [0.2, 0.25) is 5.91 Å². The van der Waals surface area contributed by atoms with E-state index >= 15 is 0 Å². The molecule has 1 N–H and O–H groups in total. The quantitative estimate of drug-likeness (QED) is 0.513. The summed E-state index contributed by atoms with van der Waals surface area (Å²) < 4.78 is 0. The molecule has 34 heavy (non-hydrogen) atoms. The van der Waals surface area contributed by atoms with Crippen molar-refractivity contribution in [3.63, 3.8) is 0 Å². The number of carbonyl (C=O) groups excluding carboxylic acids is 2. The molecule has 172 valence electrons. The first-order valence-electron chi connectivity index (χ1n) is 11.6. The van der Waals surface area contributed by atoms with E-state index in [9.17, 15) is 9.59 Å². The second kappa shape index (κ2) is 10.7. The molecule has 0 radical (unpaired) electrons. The summed E-state index contributed by atoms with van der Waals surface area (Å²) in [5.41, 5.74) is 4.04. The number of anilines is 2. The van der Waals surface area contributed by atoms with E-state index < -0.39 is 0 Å². The molecule has 0 saturated carbocycles. The first-order valence-corrected chi connectivity index (χ1v) is 11.6. The Morgan fingerprint density at radius 1 is 1.03 bits per heavy atom. The van der Waals surface area contributed by atoms with Crippen molar-refractivity contribution >= 4 is 23.3 Å². The molecular weight excluding hydrogens is 424 g/mol. The molecule has 3 amide bonds. The van der Waals surface area contributed by atoms with Crippen LogP contribution in [0.25, 0.3) is 0 Å². The lowest BCUT2D eigenvalue weighted by atomic mass is 9.95. The summed E-state index contributed by atoms with van der Waals surface area (Å²) in [6.07, 6.45) is 1.57. The number of benzene rings is 3. The van der Waals surface area contributed by atoms with Crippen molar-refractivity contribution in [3.8, 4) is 6.07 Å². The van der Waals surface area contributed by atoms with Crippen LogP contribution >= 0.6 is 0 Å². The molecule has 3 aromatic carbocycles. The summed E-state index contributed by atoms with van der Waals surface area (Å²) in [4.78, 5) is 29.6. The van der Waals surface area contributed by atoms with E-state index in [1.165, 1.54) is 0 Å². The van der Waals surface area contributed by atoms with Crippen LogP contribution in [0.5, 0.6) is 0 Å². The number of urea groups is 1. The lowest BCUT2D eigenvalue weighted by molar-refractivity contribution is -0.117. The van der Waals surface area contributed by atoms with E-state index in [0.717, 1.165) is 23.2 Å². The van der Waals surface area contributed by atoms with Crippen molar-refractivity contribution in [1.82, 2.24) is 4.90 Å². The Morgan fingerprint density at radius 2 is 1.79 bits per heavy atom. The van der Waals surface area contributed by atoms with Crippen molar-refractivity contribution in [3.05, 3.63) is 95.6 Å². The van der Waals surface area contributed by atoms with Crippen molar-refractivity contribution in [2.45, 2.75) is 32.2 Å². The van der Waals surface area contributed by atoms with Crippen LogP contribution in [0.15, 0.2) is 78.9 Å². The van der Waals surface area contributed by atoms with Crippen LogP contribution in [-0.2, 0) is 11.3 Å². The molecule has 1 atom stereocenters. The smallest absolute Gasteiger partial charge is 0.324 e. The molecule has 0 spiro atoms. The standard InChI is InChI=1S/C28H28N4O2/c1-2-26(23-10-4-3-5-11-23)27(33)30-24-12-14-25(15-13-24)32-17-7-16-31(28(32)34)20-22-9-6-8-21(18-22)19-29/h3-6,8-15,18,26H,2,7,16-17,20H2,1H3,(H,30,33)/t26-/m0/s1. The number of carbonyl (C=O) groups is 2. The highest BCUT2D eigenvalue weighted by Crippen LogP contribution is 2.25. The molecule has 0 aromatic heterocycles. The normalized spacial score (nSPS) is 14.4. The van der Waals surface area contributed by atoms with E-state index in [1.54, 1.807) is 15.9 Å². The molecule has 1 saturated heterocycles. The maximum absolute atomic E-state index is 13.1. The van der Waals surface area contributed by atoms with Gasteiger partial charge in [0, 0.05) is 31.0 Å². The second-order valence-electron chi connectivity index (χ2n) is 8.43. The van der Waals surface area contributed by atoms with Crippen LogP contribution in [0, 0.1) is 11.3 Å². The first kappa shape index (κ1) is 23.1. The molecule has 1 aliphatic heterocycles. The van der Waals surface area contributed by atoms with E-state index in [2.05, 4.69) is 11.4 Å². The highest BCUT2D eigenvalue weighted by Gasteiger charge is 2.27. The minimum Gasteiger partial charge on any atom is -0.326 e. The number of nitriles is 1. The SMILES string of the molecule is CC[C@H](C(=O)Nc1ccc(N2CCCN(Cc3cccc(C#N)c3)C2=O)cc1)c1ccccc1. The van der Waals surface area contributed by atoms with Crippen LogP contribution in [0.1, 0.15) is 42.4 Å². The number of hydrogen-bond acceptors (Lipinski definition) is 3. The van der Waals surface area contributed by atoms with Gasteiger partial charge in [0.05, 0.1) is 17.6 Å². The van der Waals surface area contributed by atoms with Crippen molar-refractivity contribution in [1.29, 1.82) is 5.26 Å². The fourth-order valence-electron chi connectivity index (χ4n) is 4.34. The third-order valence-electron chi connectivity index (χ3n) is 6.11. The van der Waals surface area contributed by atoms with Gasteiger partial charge < -0.3 is 10.2 Å². The van der Waals surface area contributed by atoms with Crippen molar-refractivity contribution in [2.75, 3.05) is 23.3 Å². The summed E-state index contributed by atoms with van der Waals surface area (Å²) >= 11 is 0. The van der Waals surface area contributed by atoms with Crippen LogP contribution in [0.2, 0.25) is 0 Å². The molecule has 4 rings (SSSR count). The van der Waals surface area contributed by atoms with Gasteiger partial charge >= 0.3 is 6.03 Å². The van der Waals surface area contributed by atoms with Crippen LogP contribution in [0.4, 0.5) is 16.2 Å². The van der Waals surface area contributed by atoms with E-state index in [4.69, 9.17) is 5.26 Å². The molecule has 6 nitrogen and oxygen atoms in total. The summed E-state index contributed by atoms with van der Waals surface area (Å²) in [5, 5.41) is 12.1. The summed E-state index contributed by atoms with van der Waals surface area (Å²) in [6.45, 7) is 3.80. The van der Waals surface area contributed by atoms with Gasteiger partial charge in [-0.15, -0.1) is 0 Å². The van der Waals surface area contributed by atoms with Gasteiger partial charge in [0.25, 0.3) is 0 Å². The Hall–Kier alpha value is -4.11. The molecule has 1 heterocycles.